The fourth-order valence-electron chi connectivity index (χ4n) is 4.68. The van der Waals surface area contributed by atoms with Crippen molar-refractivity contribution in [2.45, 2.75) is 43.0 Å². The van der Waals surface area contributed by atoms with Gasteiger partial charge in [0, 0.05) is 18.8 Å². The van der Waals surface area contributed by atoms with Crippen LogP contribution >= 0.6 is 11.3 Å². The Morgan fingerprint density at radius 1 is 1.00 bits per heavy atom. The van der Waals surface area contributed by atoms with Gasteiger partial charge in [0.15, 0.2) is 0 Å². The number of nitrogens with zero attached hydrogens (tertiary/aromatic N) is 3. The predicted molar refractivity (Wildman–Crippen MR) is 131 cm³/mol. The van der Waals surface area contributed by atoms with Gasteiger partial charge in [-0.2, -0.15) is 4.31 Å². The van der Waals surface area contributed by atoms with Crippen LogP contribution in [0.15, 0.2) is 53.4 Å². The summed E-state index contributed by atoms with van der Waals surface area (Å²) in [7, 11) is -3.47. The summed E-state index contributed by atoms with van der Waals surface area (Å²) >= 11 is 1.70. The van der Waals surface area contributed by atoms with Crippen LogP contribution in [0.5, 0.6) is 0 Å². The van der Waals surface area contributed by atoms with Gasteiger partial charge in [-0.3, -0.25) is 9.69 Å². The van der Waals surface area contributed by atoms with Gasteiger partial charge in [-0.25, -0.2) is 13.4 Å². The number of fused-ring (bicyclic) bond motifs is 1. The van der Waals surface area contributed by atoms with Crippen LogP contribution in [0.3, 0.4) is 0 Å². The van der Waals surface area contributed by atoms with Gasteiger partial charge in [-0.15, -0.1) is 11.3 Å². The lowest BCUT2D eigenvalue weighted by atomic mass is 10.2. The van der Waals surface area contributed by atoms with Gasteiger partial charge in [0.2, 0.25) is 15.9 Å². The molecule has 2 aliphatic rings. The highest BCUT2D eigenvalue weighted by atomic mass is 32.2. The summed E-state index contributed by atoms with van der Waals surface area (Å²) in [5.41, 5.74) is 1.61. The molecule has 9 heteroatoms. The molecule has 2 aromatic carbocycles. The van der Waals surface area contributed by atoms with E-state index in [9.17, 15) is 13.2 Å². The zero-order chi connectivity index (χ0) is 22.8. The van der Waals surface area contributed by atoms with E-state index in [1.54, 1.807) is 39.9 Å². The Balaban J connectivity index is 1.22. The highest BCUT2D eigenvalue weighted by molar-refractivity contribution is 7.89. The number of amides is 1. The molecular weight excluding hydrogens is 456 g/mol. The van der Waals surface area contributed by atoms with Crippen LogP contribution in [-0.2, 0) is 14.8 Å². The van der Waals surface area contributed by atoms with Crippen molar-refractivity contribution in [2.24, 2.45) is 0 Å². The van der Waals surface area contributed by atoms with Crippen molar-refractivity contribution in [1.82, 2.24) is 14.2 Å². The molecule has 0 bridgehead atoms. The second-order valence-electron chi connectivity index (χ2n) is 8.69. The van der Waals surface area contributed by atoms with E-state index in [1.165, 1.54) is 4.70 Å². The summed E-state index contributed by atoms with van der Waals surface area (Å²) in [4.78, 5) is 20.0. The van der Waals surface area contributed by atoms with E-state index in [4.69, 9.17) is 4.98 Å². The van der Waals surface area contributed by atoms with Crippen molar-refractivity contribution in [2.75, 3.05) is 31.5 Å². The molecule has 0 unspecified atom stereocenters. The van der Waals surface area contributed by atoms with Crippen LogP contribution in [0, 0.1) is 0 Å². The smallest absolute Gasteiger partial charge is 0.243 e. The number of aromatic nitrogens is 1. The summed E-state index contributed by atoms with van der Waals surface area (Å²) in [6, 6.07) is 14.8. The average Bonchev–Trinajstić information content (AvgIpc) is 3.46. The van der Waals surface area contributed by atoms with Gasteiger partial charge in [0.05, 0.1) is 27.7 Å². The van der Waals surface area contributed by atoms with Gasteiger partial charge in [0.1, 0.15) is 5.01 Å². The number of hydrogen-bond acceptors (Lipinski definition) is 6. The Hall–Kier alpha value is -2.33. The summed E-state index contributed by atoms with van der Waals surface area (Å²) in [5.74, 6) is -0.102. The third-order valence-corrected chi connectivity index (χ3v) is 9.45. The number of para-hydroxylation sites is 1. The van der Waals surface area contributed by atoms with Gasteiger partial charge < -0.3 is 5.32 Å². The first-order valence-corrected chi connectivity index (χ1v) is 13.8. The Morgan fingerprint density at radius 3 is 2.52 bits per heavy atom. The van der Waals surface area contributed by atoms with E-state index in [0.29, 0.717) is 18.8 Å². The largest absolute Gasteiger partial charge is 0.325 e. The number of carbonyl (C=O) groups is 1. The Morgan fingerprint density at radius 2 is 1.76 bits per heavy atom. The number of nitrogens with one attached hydrogen (secondary N) is 1. The molecule has 0 aliphatic carbocycles. The van der Waals surface area contributed by atoms with Crippen LogP contribution in [0.25, 0.3) is 10.2 Å². The molecule has 1 atom stereocenters. The minimum absolute atomic E-state index is 0.102. The number of rotatable bonds is 6. The van der Waals surface area contributed by atoms with Gasteiger partial charge in [-0.1, -0.05) is 18.6 Å². The summed E-state index contributed by atoms with van der Waals surface area (Å²) < 4.78 is 28.4. The third kappa shape index (κ3) is 4.82. The van der Waals surface area contributed by atoms with Crippen molar-refractivity contribution in [3.05, 3.63) is 53.5 Å². The summed E-state index contributed by atoms with van der Waals surface area (Å²) in [6.45, 7) is 2.30. The molecule has 0 spiro atoms. The minimum Gasteiger partial charge on any atom is -0.325 e. The first-order chi connectivity index (χ1) is 16.0. The summed E-state index contributed by atoms with van der Waals surface area (Å²) in [6.07, 6.45) is 4.92. The molecule has 7 nitrogen and oxygen atoms in total. The van der Waals surface area contributed by atoms with Crippen molar-refractivity contribution in [3.63, 3.8) is 0 Å². The molecule has 1 N–H and O–H groups in total. The second-order valence-corrected chi connectivity index (χ2v) is 11.7. The monoisotopic (exact) mass is 484 g/mol. The fourth-order valence-corrected chi connectivity index (χ4v) is 7.33. The zero-order valence-electron chi connectivity index (χ0n) is 18.4. The first kappa shape index (κ1) is 22.5. The minimum atomic E-state index is -3.47. The van der Waals surface area contributed by atoms with E-state index in [2.05, 4.69) is 16.3 Å². The van der Waals surface area contributed by atoms with E-state index in [0.717, 1.165) is 49.2 Å². The number of carbonyl (C=O) groups excluding carboxylic acids is 1. The van der Waals surface area contributed by atoms with Crippen LogP contribution in [0.4, 0.5) is 5.69 Å². The van der Waals surface area contributed by atoms with Crippen LogP contribution < -0.4 is 5.32 Å². The molecular formula is C24H28N4O3S2. The molecule has 0 radical (unpaired) electrons. The highest BCUT2D eigenvalue weighted by Crippen LogP contribution is 2.36. The predicted octanol–water partition coefficient (Wildman–Crippen LogP) is 4.25. The maximum atomic E-state index is 12.8. The number of thiazole rings is 1. The van der Waals surface area contributed by atoms with Gasteiger partial charge in [0.25, 0.3) is 0 Å². The normalized spacial score (nSPS) is 20.3. The fraction of sp³-hybridized carbons (Fsp3) is 0.417. The molecule has 174 valence electrons. The van der Waals surface area contributed by atoms with E-state index in [-0.39, 0.29) is 23.4 Å². The number of piperidine rings is 1. The van der Waals surface area contributed by atoms with E-state index < -0.39 is 10.0 Å². The van der Waals surface area contributed by atoms with Crippen LogP contribution in [-0.4, -0.2) is 54.7 Å². The topological polar surface area (TPSA) is 82.6 Å². The lowest BCUT2D eigenvalue weighted by Crippen LogP contribution is -2.35. The van der Waals surface area contributed by atoms with Gasteiger partial charge >= 0.3 is 0 Å². The van der Waals surface area contributed by atoms with Crippen molar-refractivity contribution in [1.29, 1.82) is 0 Å². The quantitative estimate of drug-likeness (QED) is 0.566. The maximum absolute atomic E-state index is 12.8. The Labute approximate surface area is 198 Å². The third-order valence-electron chi connectivity index (χ3n) is 6.40. The number of sulfonamides is 1. The number of hydrogen-bond donors (Lipinski definition) is 1. The van der Waals surface area contributed by atoms with E-state index >= 15 is 0 Å². The number of anilines is 1. The molecule has 2 fully saturated rings. The lowest BCUT2D eigenvalue weighted by Gasteiger charge is -2.26. The summed E-state index contributed by atoms with van der Waals surface area (Å²) in [5, 5.41) is 3.98. The van der Waals surface area contributed by atoms with Crippen molar-refractivity contribution in [3.8, 4) is 0 Å². The van der Waals surface area contributed by atoms with E-state index in [1.807, 2.05) is 18.2 Å². The molecule has 3 heterocycles. The molecule has 5 rings (SSSR count). The van der Waals surface area contributed by atoms with Crippen molar-refractivity contribution >= 4 is 43.2 Å². The molecule has 1 aromatic heterocycles. The molecule has 33 heavy (non-hydrogen) atoms. The molecule has 3 aromatic rings. The SMILES string of the molecule is O=C(CN1CCC[C@@H]1c1nc2ccccc2s1)Nc1ccc(S(=O)(=O)N2CCCCC2)cc1. The molecule has 0 saturated carbocycles. The van der Waals surface area contributed by atoms with Gasteiger partial charge in [-0.05, 0) is 68.6 Å². The Kier molecular flexibility index (Phi) is 6.47. The number of benzene rings is 2. The molecule has 2 aliphatic heterocycles. The molecule has 2 saturated heterocycles. The highest BCUT2D eigenvalue weighted by Gasteiger charge is 2.30. The van der Waals surface area contributed by atoms with Crippen LogP contribution in [0.2, 0.25) is 0 Å². The standard InChI is InChI=1S/C24H28N4O3S2/c29-23(17-27-14-6-8-21(27)24-26-20-7-2-3-9-22(20)32-24)25-18-10-12-19(13-11-18)33(30,31)28-15-4-1-5-16-28/h2-3,7,9-13,21H,1,4-6,8,14-17H2,(H,25,29)/t21-/m1/s1. The average molecular weight is 485 g/mol. The zero-order valence-corrected chi connectivity index (χ0v) is 20.1. The van der Waals surface area contributed by atoms with Crippen LogP contribution in [0.1, 0.15) is 43.2 Å². The van der Waals surface area contributed by atoms with Crippen molar-refractivity contribution < 1.29 is 13.2 Å². The maximum Gasteiger partial charge on any atom is 0.243 e. The molecule has 1 amide bonds. The number of likely N-dealkylation sites (tertiary alicyclic amines) is 1. The lowest BCUT2D eigenvalue weighted by molar-refractivity contribution is -0.117. The Bertz CT molecular complexity index is 1200. The second kappa shape index (κ2) is 9.50. The first-order valence-electron chi connectivity index (χ1n) is 11.5.